The Morgan fingerprint density at radius 1 is 1.34 bits per heavy atom. The number of aromatic nitrogens is 4. The molecule has 172 valence electrons. The van der Waals surface area contributed by atoms with Crippen molar-refractivity contribution in [3.63, 3.8) is 0 Å². The zero-order valence-corrected chi connectivity index (χ0v) is 19.2. The van der Waals surface area contributed by atoms with Crippen molar-refractivity contribution in [3.8, 4) is 16.9 Å². The Morgan fingerprint density at radius 2 is 2.09 bits per heavy atom. The lowest BCUT2D eigenvalue weighted by Gasteiger charge is -2.35. The third-order valence-corrected chi connectivity index (χ3v) is 6.06. The number of nitrogens with one attached hydrogen (secondary N) is 2. The second kappa shape index (κ2) is 8.82. The molecule has 0 saturated carbocycles. The van der Waals surface area contributed by atoms with Crippen molar-refractivity contribution in [1.82, 2.24) is 24.6 Å². The van der Waals surface area contributed by atoms with Crippen molar-refractivity contribution in [2.24, 2.45) is 5.92 Å². The maximum atomic E-state index is 12.7. The van der Waals surface area contributed by atoms with Gasteiger partial charge in [0.1, 0.15) is 16.8 Å². The molecule has 4 rings (SSSR count). The summed E-state index contributed by atoms with van der Waals surface area (Å²) >= 11 is 0. The highest BCUT2D eigenvalue weighted by Crippen LogP contribution is 2.34. The molecule has 0 radical (unpaired) electrons. The van der Waals surface area contributed by atoms with Gasteiger partial charge in [-0.3, -0.25) is 10.00 Å². The van der Waals surface area contributed by atoms with Crippen LogP contribution in [0.2, 0.25) is 0 Å². The molecule has 1 fully saturated rings. The summed E-state index contributed by atoms with van der Waals surface area (Å²) < 4.78 is 7.45. The lowest BCUT2D eigenvalue weighted by molar-refractivity contribution is 0.00569. The number of rotatable bonds is 6. The highest BCUT2D eigenvalue weighted by molar-refractivity contribution is 5.98. The van der Waals surface area contributed by atoms with Gasteiger partial charge in [-0.1, -0.05) is 13.8 Å². The molecule has 1 aromatic carbocycles. The van der Waals surface area contributed by atoms with E-state index in [1.807, 2.05) is 29.2 Å². The molecule has 1 aliphatic heterocycles. The molecule has 3 N–H and O–H groups in total. The number of benzene rings is 1. The van der Waals surface area contributed by atoms with Crippen LogP contribution in [0.25, 0.3) is 22.2 Å². The standard InChI is InChI=1S/C23H32N6O3/c1-15(2)7-10-29-14-16(13-24-29)17-5-6-18(32-4)20-19(17)25-21(26-20)27-22(30)28-11-8-23(3,31)9-12-28/h5-6,13-15,31H,7-12H2,1-4H3,(H2,25,26,27,30). The molecular formula is C23H32N6O3. The summed E-state index contributed by atoms with van der Waals surface area (Å²) in [6.45, 7) is 8.07. The van der Waals surface area contributed by atoms with Crippen molar-refractivity contribution < 1.29 is 14.6 Å². The maximum absolute atomic E-state index is 12.7. The molecule has 0 atom stereocenters. The number of piperidine rings is 1. The number of anilines is 1. The summed E-state index contributed by atoms with van der Waals surface area (Å²) in [7, 11) is 1.61. The van der Waals surface area contributed by atoms with E-state index in [2.05, 4.69) is 34.2 Å². The second-order valence-corrected chi connectivity index (χ2v) is 9.21. The first-order chi connectivity index (χ1) is 15.3. The van der Waals surface area contributed by atoms with Gasteiger partial charge in [-0.15, -0.1) is 0 Å². The lowest BCUT2D eigenvalue weighted by Crippen LogP contribution is -2.46. The Kier molecular flexibility index (Phi) is 6.10. The summed E-state index contributed by atoms with van der Waals surface area (Å²) in [4.78, 5) is 22.3. The fraction of sp³-hybridized carbons (Fsp3) is 0.522. The van der Waals surface area contributed by atoms with Gasteiger partial charge in [-0.05, 0) is 44.2 Å². The van der Waals surface area contributed by atoms with Crippen LogP contribution < -0.4 is 10.1 Å². The first kappa shape index (κ1) is 22.1. The van der Waals surface area contributed by atoms with E-state index in [4.69, 9.17) is 4.74 Å². The fourth-order valence-electron chi connectivity index (χ4n) is 3.92. The van der Waals surface area contributed by atoms with Gasteiger partial charge in [0.15, 0.2) is 0 Å². The smallest absolute Gasteiger partial charge is 0.324 e. The maximum Gasteiger partial charge on any atom is 0.324 e. The van der Waals surface area contributed by atoms with Crippen LogP contribution in [0.1, 0.15) is 40.0 Å². The Hall–Kier alpha value is -3.07. The number of amides is 2. The van der Waals surface area contributed by atoms with E-state index < -0.39 is 5.60 Å². The monoisotopic (exact) mass is 440 g/mol. The quantitative estimate of drug-likeness (QED) is 0.539. The van der Waals surface area contributed by atoms with Gasteiger partial charge in [0.2, 0.25) is 5.95 Å². The van der Waals surface area contributed by atoms with Gasteiger partial charge in [-0.25, -0.2) is 9.78 Å². The van der Waals surface area contributed by atoms with Crippen LogP contribution in [0.15, 0.2) is 24.5 Å². The number of carbonyl (C=O) groups is 1. The van der Waals surface area contributed by atoms with Crippen molar-refractivity contribution in [2.75, 3.05) is 25.5 Å². The summed E-state index contributed by atoms with van der Waals surface area (Å²) in [5, 5.41) is 17.5. The van der Waals surface area contributed by atoms with Crippen LogP contribution >= 0.6 is 0 Å². The summed E-state index contributed by atoms with van der Waals surface area (Å²) in [6, 6.07) is 3.62. The van der Waals surface area contributed by atoms with E-state index in [9.17, 15) is 9.90 Å². The van der Waals surface area contributed by atoms with Crippen molar-refractivity contribution >= 4 is 23.0 Å². The number of carbonyl (C=O) groups excluding carboxylic acids is 1. The molecule has 0 bridgehead atoms. The Balaban J connectivity index is 1.58. The molecule has 9 nitrogen and oxygen atoms in total. The van der Waals surface area contributed by atoms with E-state index in [-0.39, 0.29) is 6.03 Å². The normalized spacial score (nSPS) is 16.0. The summed E-state index contributed by atoms with van der Waals surface area (Å²) in [5.74, 6) is 1.62. The summed E-state index contributed by atoms with van der Waals surface area (Å²) in [5.41, 5.74) is 2.60. The number of urea groups is 1. The van der Waals surface area contributed by atoms with Gasteiger partial charge < -0.3 is 19.7 Å². The van der Waals surface area contributed by atoms with Crippen molar-refractivity contribution in [2.45, 2.75) is 52.2 Å². The van der Waals surface area contributed by atoms with Crippen LogP contribution in [0, 0.1) is 5.92 Å². The van der Waals surface area contributed by atoms with Gasteiger partial charge >= 0.3 is 6.03 Å². The first-order valence-electron chi connectivity index (χ1n) is 11.1. The largest absolute Gasteiger partial charge is 0.494 e. The van der Waals surface area contributed by atoms with E-state index in [0.29, 0.717) is 49.1 Å². The van der Waals surface area contributed by atoms with E-state index in [1.54, 1.807) is 18.9 Å². The number of hydrogen-bond acceptors (Lipinski definition) is 5. The number of aliphatic hydroxyl groups is 1. The lowest BCUT2D eigenvalue weighted by atomic mass is 9.94. The van der Waals surface area contributed by atoms with Gasteiger partial charge in [0.05, 0.1) is 18.9 Å². The average molecular weight is 441 g/mol. The number of nitrogens with zero attached hydrogens (tertiary/aromatic N) is 4. The number of H-pyrrole nitrogens is 1. The van der Waals surface area contributed by atoms with E-state index in [0.717, 1.165) is 29.6 Å². The van der Waals surface area contributed by atoms with Crippen molar-refractivity contribution in [3.05, 3.63) is 24.5 Å². The SMILES string of the molecule is COc1ccc(-c2cnn(CCC(C)C)c2)c2nc(NC(=O)N3CCC(C)(O)CC3)[nH]c12. The highest BCUT2D eigenvalue weighted by atomic mass is 16.5. The predicted octanol–water partition coefficient (Wildman–Crippen LogP) is 3.86. The third kappa shape index (κ3) is 4.72. The van der Waals surface area contributed by atoms with Crippen LogP contribution in [-0.2, 0) is 6.54 Å². The van der Waals surface area contributed by atoms with E-state index in [1.165, 1.54) is 0 Å². The third-order valence-electron chi connectivity index (χ3n) is 6.06. The number of ether oxygens (including phenoxy) is 1. The molecular weight excluding hydrogens is 408 g/mol. The molecule has 3 heterocycles. The summed E-state index contributed by atoms with van der Waals surface area (Å²) in [6.07, 6.45) is 6.03. The van der Waals surface area contributed by atoms with Gasteiger partial charge in [0, 0.05) is 37.0 Å². The molecule has 3 aromatic rings. The zero-order chi connectivity index (χ0) is 22.9. The predicted molar refractivity (Wildman–Crippen MR) is 124 cm³/mol. The molecule has 1 aliphatic rings. The first-order valence-corrected chi connectivity index (χ1v) is 11.1. The molecule has 2 amide bonds. The molecule has 32 heavy (non-hydrogen) atoms. The number of aryl methyl sites for hydroxylation is 1. The van der Waals surface area contributed by atoms with Crippen molar-refractivity contribution in [1.29, 1.82) is 0 Å². The van der Waals surface area contributed by atoms with Crippen LogP contribution in [-0.4, -0.2) is 61.6 Å². The fourth-order valence-corrected chi connectivity index (χ4v) is 3.92. The number of aromatic amines is 1. The number of methoxy groups -OCH3 is 1. The number of fused-ring (bicyclic) bond motifs is 1. The Morgan fingerprint density at radius 3 is 2.78 bits per heavy atom. The second-order valence-electron chi connectivity index (χ2n) is 9.21. The van der Waals surface area contributed by atoms with Crippen LogP contribution in [0.5, 0.6) is 5.75 Å². The molecule has 9 heteroatoms. The minimum Gasteiger partial charge on any atom is -0.494 e. The molecule has 0 spiro atoms. The average Bonchev–Trinajstić information content (AvgIpc) is 3.38. The van der Waals surface area contributed by atoms with E-state index >= 15 is 0 Å². The molecule has 1 saturated heterocycles. The number of imidazole rings is 1. The van der Waals surface area contributed by atoms with Crippen LogP contribution in [0.3, 0.4) is 0 Å². The Bertz CT molecular complexity index is 1090. The van der Waals surface area contributed by atoms with Gasteiger partial charge in [0.25, 0.3) is 0 Å². The van der Waals surface area contributed by atoms with Crippen LogP contribution in [0.4, 0.5) is 10.7 Å². The minimum atomic E-state index is -0.710. The zero-order valence-electron chi connectivity index (χ0n) is 19.2. The molecule has 0 aliphatic carbocycles. The topological polar surface area (TPSA) is 108 Å². The molecule has 0 unspecified atom stereocenters. The molecule has 2 aromatic heterocycles. The highest BCUT2D eigenvalue weighted by Gasteiger charge is 2.30. The minimum absolute atomic E-state index is 0.235. The Labute approximate surface area is 187 Å². The number of hydrogen-bond donors (Lipinski definition) is 3. The van der Waals surface area contributed by atoms with Gasteiger partial charge in [-0.2, -0.15) is 5.10 Å². The number of likely N-dealkylation sites (tertiary alicyclic amines) is 1.